The van der Waals surface area contributed by atoms with Crippen LogP contribution in [0.15, 0.2) is 18.2 Å². The molecule has 1 N–H and O–H groups in total. The van der Waals surface area contributed by atoms with Crippen LogP contribution in [0.5, 0.6) is 5.75 Å². The van der Waals surface area contributed by atoms with Gasteiger partial charge in [0.1, 0.15) is 5.75 Å². The highest BCUT2D eigenvalue weighted by Crippen LogP contribution is 2.40. The molecular formula is C13H16O3. The van der Waals surface area contributed by atoms with Gasteiger partial charge in [-0.05, 0) is 43.4 Å². The molecule has 0 heterocycles. The van der Waals surface area contributed by atoms with Gasteiger partial charge in [-0.1, -0.05) is 12.1 Å². The maximum absolute atomic E-state index is 11.4. The molecule has 0 fully saturated rings. The van der Waals surface area contributed by atoms with Crippen molar-refractivity contribution in [2.45, 2.75) is 31.6 Å². The summed E-state index contributed by atoms with van der Waals surface area (Å²) in [4.78, 5) is 11.4. The Balaban J connectivity index is 2.59. The minimum Gasteiger partial charge on any atom is -0.496 e. The molecule has 1 aromatic rings. The van der Waals surface area contributed by atoms with Crippen molar-refractivity contribution in [3.8, 4) is 5.75 Å². The Kier molecular flexibility index (Phi) is 2.62. The molecule has 1 aliphatic rings. The summed E-state index contributed by atoms with van der Waals surface area (Å²) in [6.45, 7) is 1.80. The number of aliphatic carboxylic acids is 1. The third kappa shape index (κ3) is 1.47. The molecule has 86 valence electrons. The molecule has 3 nitrogen and oxygen atoms in total. The standard InChI is InChI=1S/C13H16O3/c1-13(12(14)15)8-4-5-9-10(13)6-3-7-11(9)16-2/h3,6-7H,4-5,8H2,1-2H3,(H,14,15). The van der Waals surface area contributed by atoms with Gasteiger partial charge in [0.15, 0.2) is 0 Å². The zero-order chi connectivity index (χ0) is 11.8. The van der Waals surface area contributed by atoms with Crippen LogP contribution in [0.2, 0.25) is 0 Å². The highest BCUT2D eigenvalue weighted by atomic mass is 16.5. The van der Waals surface area contributed by atoms with Crippen molar-refractivity contribution in [3.63, 3.8) is 0 Å². The summed E-state index contributed by atoms with van der Waals surface area (Å²) >= 11 is 0. The Morgan fingerprint density at radius 3 is 2.88 bits per heavy atom. The van der Waals surface area contributed by atoms with E-state index >= 15 is 0 Å². The summed E-state index contributed by atoms with van der Waals surface area (Å²) in [5.41, 5.74) is 1.20. The largest absolute Gasteiger partial charge is 0.496 e. The molecule has 2 rings (SSSR count). The molecule has 3 heteroatoms. The van der Waals surface area contributed by atoms with Gasteiger partial charge in [0.25, 0.3) is 0 Å². The Morgan fingerprint density at radius 2 is 2.25 bits per heavy atom. The van der Waals surface area contributed by atoms with E-state index in [0.29, 0.717) is 6.42 Å². The second-order valence-corrected chi connectivity index (χ2v) is 4.48. The van der Waals surface area contributed by atoms with Crippen LogP contribution in [-0.2, 0) is 16.6 Å². The SMILES string of the molecule is COc1cccc2c1CCCC2(C)C(=O)O. The summed E-state index contributed by atoms with van der Waals surface area (Å²) < 4.78 is 5.29. The number of carbonyl (C=O) groups is 1. The van der Waals surface area contributed by atoms with Crippen molar-refractivity contribution < 1.29 is 14.6 Å². The van der Waals surface area contributed by atoms with Crippen molar-refractivity contribution in [2.75, 3.05) is 7.11 Å². The van der Waals surface area contributed by atoms with Crippen LogP contribution in [-0.4, -0.2) is 18.2 Å². The van der Waals surface area contributed by atoms with Gasteiger partial charge in [-0.3, -0.25) is 4.79 Å². The first-order valence-corrected chi connectivity index (χ1v) is 5.49. The number of fused-ring (bicyclic) bond motifs is 1. The average Bonchev–Trinajstić information content (AvgIpc) is 2.28. The predicted octanol–water partition coefficient (Wildman–Crippen LogP) is 2.37. The maximum atomic E-state index is 11.4. The van der Waals surface area contributed by atoms with Gasteiger partial charge in [0.2, 0.25) is 0 Å². The molecular weight excluding hydrogens is 204 g/mol. The lowest BCUT2D eigenvalue weighted by Crippen LogP contribution is -2.36. The first-order valence-electron chi connectivity index (χ1n) is 5.49. The van der Waals surface area contributed by atoms with Gasteiger partial charge in [-0.2, -0.15) is 0 Å². The lowest BCUT2D eigenvalue weighted by atomic mass is 9.71. The van der Waals surface area contributed by atoms with Gasteiger partial charge in [0, 0.05) is 0 Å². The molecule has 0 saturated heterocycles. The number of rotatable bonds is 2. The summed E-state index contributed by atoms with van der Waals surface area (Å²) in [5.74, 6) is 0.0615. The van der Waals surface area contributed by atoms with E-state index in [1.165, 1.54) is 0 Å². The number of carboxylic acid groups (broad SMARTS) is 1. The third-order valence-electron chi connectivity index (χ3n) is 3.52. The minimum atomic E-state index is -0.762. The monoisotopic (exact) mass is 220 g/mol. The molecule has 16 heavy (non-hydrogen) atoms. The smallest absolute Gasteiger partial charge is 0.313 e. The lowest BCUT2D eigenvalue weighted by molar-refractivity contribution is -0.143. The number of hydrogen-bond donors (Lipinski definition) is 1. The van der Waals surface area contributed by atoms with Gasteiger partial charge >= 0.3 is 5.97 Å². The third-order valence-corrected chi connectivity index (χ3v) is 3.52. The van der Waals surface area contributed by atoms with Gasteiger partial charge in [-0.15, -0.1) is 0 Å². The number of methoxy groups -OCH3 is 1. The normalized spacial score (nSPS) is 23.6. The molecule has 0 radical (unpaired) electrons. The molecule has 0 bridgehead atoms. The summed E-state index contributed by atoms with van der Waals surface area (Å²) in [7, 11) is 1.63. The van der Waals surface area contributed by atoms with Crippen LogP contribution < -0.4 is 4.74 Å². The van der Waals surface area contributed by atoms with Crippen LogP contribution in [0.25, 0.3) is 0 Å². The van der Waals surface area contributed by atoms with E-state index < -0.39 is 11.4 Å². The fourth-order valence-corrected chi connectivity index (χ4v) is 2.51. The topological polar surface area (TPSA) is 46.5 Å². The summed E-state index contributed by atoms with van der Waals surface area (Å²) in [5, 5.41) is 9.37. The maximum Gasteiger partial charge on any atom is 0.313 e. The van der Waals surface area contributed by atoms with E-state index in [1.807, 2.05) is 18.2 Å². The molecule has 0 amide bonds. The van der Waals surface area contributed by atoms with E-state index in [4.69, 9.17) is 4.74 Å². The Bertz CT molecular complexity index is 425. The first-order chi connectivity index (χ1) is 7.59. The van der Waals surface area contributed by atoms with Gasteiger partial charge < -0.3 is 9.84 Å². The predicted molar refractivity (Wildman–Crippen MR) is 60.9 cm³/mol. The zero-order valence-electron chi connectivity index (χ0n) is 9.62. The number of carboxylic acids is 1. The Morgan fingerprint density at radius 1 is 1.50 bits per heavy atom. The second-order valence-electron chi connectivity index (χ2n) is 4.48. The number of hydrogen-bond acceptors (Lipinski definition) is 2. The molecule has 1 aromatic carbocycles. The van der Waals surface area contributed by atoms with Crippen molar-refractivity contribution in [1.29, 1.82) is 0 Å². The van der Waals surface area contributed by atoms with Gasteiger partial charge in [0.05, 0.1) is 12.5 Å². The molecule has 1 unspecified atom stereocenters. The molecule has 0 aliphatic heterocycles. The minimum absolute atomic E-state index is 0.697. The quantitative estimate of drug-likeness (QED) is 0.832. The van der Waals surface area contributed by atoms with E-state index in [-0.39, 0.29) is 0 Å². The Labute approximate surface area is 95.0 Å². The first kappa shape index (κ1) is 11.0. The molecule has 1 atom stereocenters. The van der Waals surface area contributed by atoms with E-state index in [1.54, 1.807) is 14.0 Å². The number of ether oxygens (including phenoxy) is 1. The highest BCUT2D eigenvalue weighted by molar-refractivity contribution is 5.82. The van der Waals surface area contributed by atoms with Crippen molar-refractivity contribution >= 4 is 5.97 Å². The van der Waals surface area contributed by atoms with Gasteiger partial charge in [-0.25, -0.2) is 0 Å². The molecule has 1 aliphatic carbocycles. The van der Waals surface area contributed by atoms with E-state index in [9.17, 15) is 9.90 Å². The van der Waals surface area contributed by atoms with Crippen molar-refractivity contribution in [2.24, 2.45) is 0 Å². The van der Waals surface area contributed by atoms with Crippen LogP contribution in [0.3, 0.4) is 0 Å². The average molecular weight is 220 g/mol. The van der Waals surface area contributed by atoms with Crippen molar-refractivity contribution in [3.05, 3.63) is 29.3 Å². The lowest BCUT2D eigenvalue weighted by Gasteiger charge is -2.32. The van der Waals surface area contributed by atoms with E-state index in [0.717, 1.165) is 29.7 Å². The summed E-state index contributed by atoms with van der Waals surface area (Å²) in [6, 6.07) is 5.67. The van der Waals surface area contributed by atoms with Crippen LogP contribution in [0.4, 0.5) is 0 Å². The Hall–Kier alpha value is -1.51. The van der Waals surface area contributed by atoms with Crippen LogP contribution >= 0.6 is 0 Å². The zero-order valence-corrected chi connectivity index (χ0v) is 9.62. The van der Waals surface area contributed by atoms with E-state index in [2.05, 4.69) is 0 Å². The van der Waals surface area contributed by atoms with Crippen LogP contribution in [0, 0.1) is 0 Å². The summed E-state index contributed by atoms with van der Waals surface area (Å²) in [6.07, 6.45) is 2.50. The number of benzene rings is 1. The highest BCUT2D eigenvalue weighted by Gasteiger charge is 2.39. The van der Waals surface area contributed by atoms with Crippen LogP contribution in [0.1, 0.15) is 30.9 Å². The molecule has 0 saturated carbocycles. The fraction of sp³-hybridized carbons (Fsp3) is 0.462. The fourth-order valence-electron chi connectivity index (χ4n) is 2.51. The van der Waals surface area contributed by atoms with Crippen molar-refractivity contribution in [1.82, 2.24) is 0 Å². The molecule has 0 spiro atoms. The second kappa shape index (κ2) is 3.81. The molecule has 0 aromatic heterocycles.